The molecule has 2 aliphatic carbocycles. The number of fused-ring (bicyclic) bond motifs is 3. The number of allylic oxidation sites excluding steroid dienone is 1. The Labute approximate surface area is 152 Å². The molecular weight excluding hydrogens is 350 g/mol. The lowest BCUT2D eigenvalue weighted by Crippen LogP contribution is -2.70. The summed E-state index contributed by atoms with van der Waals surface area (Å²) in [4.78, 5) is 8.97. The summed E-state index contributed by atoms with van der Waals surface area (Å²) in [7, 11) is -3.18. The van der Waals surface area contributed by atoms with Gasteiger partial charge in [-0.2, -0.15) is 4.98 Å². The largest absolute Gasteiger partial charge is 0.288 e. The molecule has 2 fully saturated rings. The Morgan fingerprint density at radius 2 is 2.12 bits per heavy atom. The molecule has 0 radical (unpaired) electrons. The van der Waals surface area contributed by atoms with Gasteiger partial charge in [0.15, 0.2) is 5.65 Å². The molecule has 2 saturated carbocycles. The summed E-state index contributed by atoms with van der Waals surface area (Å²) in [5, 5.41) is 1.81. The minimum absolute atomic E-state index is 0.0452. The van der Waals surface area contributed by atoms with E-state index in [0.29, 0.717) is 0 Å². The second kappa shape index (κ2) is 5.73. The van der Waals surface area contributed by atoms with E-state index in [2.05, 4.69) is 25.7 Å². The molecule has 3 aliphatic rings. The van der Waals surface area contributed by atoms with Crippen molar-refractivity contribution in [3.05, 3.63) is 42.6 Å². The molecule has 0 saturated heterocycles. The van der Waals surface area contributed by atoms with Gasteiger partial charge in [0, 0.05) is 29.9 Å². The summed E-state index contributed by atoms with van der Waals surface area (Å²) in [5.41, 5.74) is 2.97. The third-order valence-electron chi connectivity index (χ3n) is 5.74. The van der Waals surface area contributed by atoms with Crippen LogP contribution in [0.1, 0.15) is 43.0 Å². The topological polar surface area (TPSA) is 93.0 Å². The summed E-state index contributed by atoms with van der Waals surface area (Å²) in [6, 6.07) is -0.0452. The molecule has 2 aromatic rings. The molecule has 7 nitrogen and oxygen atoms in total. The van der Waals surface area contributed by atoms with Crippen LogP contribution in [0.2, 0.25) is 0 Å². The Hall–Kier alpha value is -2.03. The zero-order valence-electron chi connectivity index (χ0n) is 14.4. The van der Waals surface area contributed by atoms with Crippen LogP contribution in [0.5, 0.6) is 0 Å². The predicted molar refractivity (Wildman–Crippen MR) is 98.1 cm³/mol. The van der Waals surface area contributed by atoms with Crippen LogP contribution in [0.3, 0.4) is 0 Å². The van der Waals surface area contributed by atoms with Gasteiger partial charge >= 0.3 is 0 Å². The second-order valence-electron chi connectivity index (χ2n) is 7.47. The van der Waals surface area contributed by atoms with Crippen LogP contribution in [-0.4, -0.2) is 34.1 Å². The number of hydrogen-bond donors (Lipinski definition) is 2. The molecule has 3 N–H and O–H groups in total. The zero-order chi connectivity index (χ0) is 17.9. The highest BCUT2D eigenvalue weighted by Gasteiger charge is 2.41. The van der Waals surface area contributed by atoms with E-state index in [0.717, 1.165) is 48.5 Å². The van der Waals surface area contributed by atoms with Crippen LogP contribution < -0.4 is 10.0 Å². The van der Waals surface area contributed by atoms with E-state index in [1.165, 1.54) is 0 Å². The van der Waals surface area contributed by atoms with Gasteiger partial charge in [0.1, 0.15) is 11.9 Å². The van der Waals surface area contributed by atoms with Crippen LogP contribution in [0.25, 0.3) is 11.7 Å². The SMILES string of the molecule is C=CC1CC(NS(=O)(=O)C2CC2)CC1c1cnc2cnc3c(n12)C=C[NH2+]3. The van der Waals surface area contributed by atoms with Crippen molar-refractivity contribution in [2.45, 2.75) is 42.9 Å². The first-order valence-electron chi connectivity index (χ1n) is 9.08. The monoisotopic (exact) mass is 372 g/mol. The van der Waals surface area contributed by atoms with Crippen molar-refractivity contribution < 1.29 is 13.7 Å². The first kappa shape index (κ1) is 16.2. The van der Waals surface area contributed by atoms with Crippen LogP contribution in [0.4, 0.5) is 5.82 Å². The molecule has 3 unspecified atom stereocenters. The summed E-state index contributed by atoms with van der Waals surface area (Å²) in [6.45, 7) is 3.99. The third-order valence-corrected chi connectivity index (χ3v) is 7.75. The van der Waals surface area contributed by atoms with E-state index in [9.17, 15) is 8.42 Å². The van der Waals surface area contributed by atoms with Crippen molar-refractivity contribution in [2.75, 3.05) is 0 Å². The number of nitrogens with two attached hydrogens (primary N) is 1. The maximum absolute atomic E-state index is 12.3. The van der Waals surface area contributed by atoms with Crippen molar-refractivity contribution in [3.63, 3.8) is 0 Å². The molecule has 0 amide bonds. The fourth-order valence-corrected chi connectivity index (χ4v) is 5.90. The number of nitrogens with one attached hydrogen (secondary N) is 1. The van der Waals surface area contributed by atoms with E-state index in [4.69, 9.17) is 0 Å². The molecule has 2 aromatic heterocycles. The number of aromatic nitrogens is 3. The lowest BCUT2D eigenvalue weighted by molar-refractivity contribution is -0.495. The Balaban J connectivity index is 1.49. The van der Waals surface area contributed by atoms with E-state index in [1.54, 1.807) is 6.20 Å². The van der Waals surface area contributed by atoms with Crippen LogP contribution in [0.15, 0.2) is 31.2 Å². The molecular formula is C18H22N5O2S+. The molecule has 3 heterocycles. The van der Waals surface area contributed by atoms with E-state index in [1.807, 2.05) is 29.9 Å². The molecule has 0 bridgehead atoms. The molecule has 0 aromatic carbocycles. The second-order valence-corrected chi connectivity index (χ2v) is 9.46. The number of sulfonamides is 1. The fourth-order valence-electron chi connectivity index (χ4n) is 4.30. The highest BCUT2D eigenvalue weighted by atomic mass is 32.2. The van der Waals surface area contributed by atoms with Gasteiger partial charge in [0.05, 0.1) is 11.4 Å². The minimum atomic E-state index is -3.18. The van der Waals surface area contributed by atoms with Gasteiger partial charge in [-0.3, -0.25) is 9.72 Å². The number of quaternary nitrogens is 1. The molecule has 0 spiro atoms. The highest BCUT2D eigenvalue weighted by molar-refractivity contribution is 7.90. The molecule has 8 heteroatoms. The van der Waals surface area contributed by atoms with Gasteiger partial charge in [-0.15, -0.1) is 6.58 Å². The summed E-state index contributed by atoms with van der Waals surface area (Å²) >= 11 is 0. The number of nitrogens with zero attached hydrogens (tertiary/aromatic N) is 3. The molecule has 136 valence electrons. The third kappa shape index (κ3) is 2.52. The fraction of sp³-hybridized carbons (Fsp3) is 0.444. The number of hydrogen-bond acceptors (Lipinski definition) is 4. The van der Waals surface area contributed by atoms with Crippen LogP contribution in [-0.2, 0) is 10.0 Å². The Bertz CT molecular complexity index is 1020. The lowest BCUT2D eigenvalue weighted by Gasteiger charge is -2.16. The predicted octanol–water partition coefficient (Wildman–Crippen LogP) is 1.04. The van der Waals surface area contributed by atoms with Gasteiger partial charge in [-0.1, -0.05) is 6.08 Å². The van der Waals surface area contributed by atoms with Crippen LogP contribution >= 0.6 is 0 Å². The molecule has 1 aliphatic heterocycles. The molecule has 26 heavy (non-hydrogen) atoms. The van der Waals surface area contributed by atoms with E-state index in [-0.39, 0.29) is 23.1 Å². The first-order chi connectivity index (χ1) is 12.6. The van der Waals surface area contributed by atoms with Gasteiger partial charge in [-0.25, -0.2) is 18.1 Å². The maximum atomic E-state index is 12.3. The highest BCUT2D eigenvalue weighted by Crippen LogP contribution is 2.42. The van der Waals surface area contributed by atoms with Crippen molar-refractivity contribution in [2.24, 2.45) is 5.92 Å². The Morgan fingerprint density at radius 3 is 2.88 bits per heavy atom. The van der Waals surface area contributed by atoms with Crippen molar-refractivity contribution in [1.29, 1.82) is 0 Å². The average Bonchev–Trinajstić information content (AvgIpc) is 3.06. The van der Waals surface area contributed by atoms with Gasteiger partial charge < -0.3 is 0 Å². The minimum Gasteiger partial charge on any atom is -0.288 e. The maximum Gasteiger partial charge on any atom is 0.253 e. The Morgan fingerprint density at radius 1 is 1.27 bits per heavy atom. The molecule has 3 atom stereocenters. The molecule has 5 rings (SSSR count). The standard InChI is InChI=1S/C18H21N5O2S/c1-2-11-7-12(22-26(24,25)13-3-4-13)8-14(11)16-9-20-17-10-21-18-15(23(16)17)5-6-19-18/h2,5-6,9-14,19,22H,1,3-4,7-8H2/p+1. The smallest absolute Gasteiger partial charge is 0.253 e. The quantitative estimate of drug-likeness (QED) is 0.767. The number of rotatable bonds is 5. The zero-order valence-corrected chi connectivity index (χ0v) is 15.2. The van der Waals surface area contributed by atoms with Gasteiger partial charge in [-0.05, 0) is 31.6 Å². The average molecular weight is 372 g/mol. The van der Waals surface area contributed by atoms with Gasteiger partial charge in [0.2, 0.25) is 10.0 Å². The van der Waals surface area contributed by atoms with Crippen molar-refractivity contribution in [1.82, 2.24) is 19.1 Å². The van der Waals surface area contributed by atoms with Gasteiger partial charge in [0.25, 0.3) is 5.82 Å². The lowest BCUT2D eigenvalue weighted by atomic mass is 9.93. The first-order valence-corrected chi connectivity index (χ1v) is 10.6. The summed E-state index contributed by atoms with van der Waals surface area (Å²) in [6.07, 6.45) is 12.8. The van der Waals surface area contributed by atoms with E-state index >= 15 is 0 Å². The van der Waals surface area contributed by atoms with Crippen molar-refractivity contribution in [3.8, 4) is 0 Å². The normalized spacial score (nSPS) is 27.9. The summed E-state index contributed by atoms with van der Waals surface area (Å²) < 4.78 is 29.7. The van der Waals surface area contributed by atoms with Crippen LogP contribution in [0, 0.1) is 5.92 Å². The summed E-state index contributed by atoms with van der Waals surface area (Å²) in [5.74, 6) is 1.35. The number of imidazole rings is 1. The Kier molecular flexibility index (Phi) is 3.57. The van der Waals surface area contributed by atoms with Crippen molar-refractivity contribution >= 4 is 27.6 Å². The van der Waals surface area contributed by atoms with E-state index < -0.39 is 10.0 Å².